The second-order valence-corrected chi connectivity index (χ2v) is 6.73. The normalized spacial score (nSPS) is 22.0. The van der Waals surface area contributed by atoms with Gasteiger partial charge >= 0.3 is 5.97 Å². The lowest BCUT2D eigenvalue weighted by Crippen LogP contribution is -2.27. The molecule has 4 nitrogen and oxygen atoms in total. The first-order valence-electron chi connectivity index (χ1n) is 7.73. The van der Waals surface area contributed by atoms with Crippen LogP contribution >= 0.6 is 11.3 Å². The van der Waals surface area contributed by atoms with Crippen LogP contribution in [0.5, 0.6) is 0 Å². The molecule has 0 aromatic carbocycles. The van der Waals surface area contributed by atoms with Crippen molar-refractivity contribution in [2.75, 3.05) is 5.32 Å². The molecule has 0 saturated heterocycles. The quantitative estimate of drug-likeness (QED) is 0.819. The first-order valence-corrected chi connectivity index (χ1v) is 8.61. The fourth-order valence-corrected chi connectivity index (χ4v) is 3.78. The Kier molecular flexibility index (Phi) is 5.79. The van der Waals surface area contributed by atoms with Crippen LogP contribution in [-0.4, -0.2) is 17.0 Å². The molecule has 1 aliphatic rings. The molecule has 2 rings (SSSR count). The number of unbranched alkanes of at least 4 members (excludes halogenated alkanes) is 1. The maximum absolute atomic E-state index is 12.3. The fraction of sp³-hybridized carbons (Fsp3) is 0.625. The monoisotopic (exact) mass is 309 g/mol. The van der Waals surface area contributed by atoms with Gasteiger partial charge in [0.15, 0.2) is 0 Å². The van der Waals surface area contributed by atoms with Crippen LogP contribution in [0.1, 0.15) is 62.2 Å². The molecule has 21 heavy (non-hydrogen) atoms. The third kappa shape index (κ3) is 4.30. The lowest BCUT2D eigenvalue weighted by molar-refractivity contribution is -0.121. The lowest BCUT2D eigenvalue weighted by Gasteiger charge is -2.27. The van der Waals surface area contributed by atoms with Crippen molar-refractivity contribution in [3.63, 3.8) is 0 Å². The molecule has 1 heterocycles. The summed E-state index contributed by atoms with van der Waals surface area (Å²) in [6.07, 6.45) is 7.87. The van der Waals surface area contributed by atoms with Gasteiger partial charge in [0.1, 0.15) is 5.00 Å². The van der Waals surface area contributed by atoms with Crippen LogP contribution in [0.3, 0.4) is 0 Å². The average Bonchev–Trinajstić information content (AvgIpc) is 2.94. The van der Waals surface area contributed by atoms with Gasteiger partial charge in [0.25, 0.3) is 0 Å². The Morgan fingerprint density at radius 3 is 2.67 bits per heavy atom. The summed E-state index contributed by atoms with van der Waals surface area (Å²) in [5.74, 6) is -0.208. The summed E-state index contributed by atoms with van der Waals surface area (Å²) in [6.45, 7) is 2.21. The number of rotatable bonds is 6. The van der Waals surface area contributed by atoms with Crippen LogP contribution in [-0.2, 0) is 4.79 Å². The highest BCUT2D eigenvalue weighted by Crippen LogP contribution is 2.33. The molecule has 0 aliphatic heterocycles. The van der Waals surface area contributed by atoms with E-state index in [1.165, 1.54) is 36.7 Å². The molecule has 1 amide bonds. The summed E-state index contributed by atoms with van der Waals surface area (Å²) < 4.78 is 0. The van der Waals surface area contributed by atoms with Crippen LogP contribution in [0.4, 0.5) is 5.00 Å². The topological polar surface area (TPSA) is 66.4 Å². The zero-order valence-corrected chi connectivity index (χ0v) is 13.2. The van der Waals surface area contributed by atoms with E-state index in [1.807, 2.05) is 0 Å². The van der Waals surface area contributed by atoms with Crippen LogP contribution in [0.25, 0.3) is 0 Å². The average molecular weight is 309 g/mol. The predicted octanol–water partition coefficient (Wildman–Crippen LogP) is 4.38. The van der Waals surface area contributed by atoms with E-state index in [0.717, 1.165) is 31.6 Å². The van der Waals surface area contributed by atoms with Crippen molar-refractivity contribution in [2.24, 2.45) is 11.8 Å². The summed E-state index contributed by atoms with van der Waals surface area (Å²) in [5, 5.41) is 14.0. The first-order chi connectivity index (χ1) is 10.1. The highest BCUT2D eigenvalue weighted by molar-refractivity contribution is 7.14. The minimum atomic E-state index is -0.991. The molecule has 0 radical (unpaired) electrons. The molecule has 0 unspecified atom stereocenters. The minimum absolute atomic E-state index is 0.0195. The summed E-state index contributed by atoms with van der Waals surface area (Å²) in [6, 6.07) is 1.53. The number of aromatic carboxylic acids is 1. The Morgan fingerprint density at radius 2 is 2.05 bits per heavy atom. The molecule has 0 spiro atoms. The van der Waals surface area contributed by atoms with E-state index in [2.05, 4.69) is 12.2 Å². The zero-order valence-electron chi connectivity index (χ0n) is 12.4. The maximum atomic E-state index is 12.3. The van der Waals surface area contributed by atoms with Gasteiger partial charge in [-0.25, -0.2) is 4.79 Å². The van der Waals surface area contributed by atoms with E-state index < -0.39 is 5.97 Å². The van der Waals surface area contributed by atoms with Gasteiger partial charge in [-0.15, -0.1) is 11.3 Å². The van der Waals surface area contributed by atoms with Gasteiger partial charge in [-0.3, -0.25) is 4.79 Å². The molecule has 5 heteroatoms. The molecule has 116 valence electrons. The van der Waals surface area contributed by atoms with Gasteiger partial charge in [-0.1, -0.05) is 26.2 Å². The highest BCUT2D eigenvalue weighted by atomic mass is 32.1. The molecular weight excluding hydrogens is 286 g/mol. The predicted molar refractivity (Wildman–Crippen MR) is 84.9 cm³/mol. The number of carbonyl (C=O) groups excluding carboxylic acids is 1. The van der Waals surface area contributed by atoms with Crippen molar-refractivity contribution < 1.29 is 14.7 Å². The van der Waals surface area contributed by atoms with Crippen LogP contribution < -0.4 is 5.32 Å². The Balaban J connectivity index is 1.85. The molecule has 1 aromatic heterocycles. The second kappa shape index (κ2) is 7.59. The van der Waals surface area contributed by atoms with Crippen molar-refractivity contribution in [1.82, 2.24) is 0 Å². The SMILES string of the molecule is CCCCC1CCC(C(=O)Nc2sccc2C(=O)O)CC1. The Hall–Kier alpha value is -1.36. The molecule has 1 aliphatic carbocycles. The van der Waals surface area contributed by atoms with E-state index >= 15 is 0 Å². The van der Waals surface area contributed by atoms with Gasteiger partial charge < -0.3 is 10.4 Å². The maximum Gasteiger partial charge on any atom is 0.338 e. The van der Waals surface area contributed by atoms with Gasteiger partial charge in [-0.05, 0) is 43.0 Å². The number of hydrogen-bond acceptors (Lipinski definition) is 3. The second-order valence-electron chi connectivity index (χ2n) is 5.82. The third-order valence-corrected chi connectivity index (χ3v) is 5.15. The third-order valence-electron chi connectivity index (χ3n) is 4.32. The molecule has 1 aromatic rings. The smallest absolute Gasteiger partial charge is 0.338 e. The van der Waals surface area contributed by atoms with E-state index in [9.17, 15) is 9.59 Å². The molecule has 0 atom stereocenters. The molecular formula is C16H23NO3S. The largest absolute Gasteiger partial charge is 0.478 e. The Morgan fingerprint density at radius 1 is 1.33 bits per heavy atom. The molecule has 0 bridgehead atoms. The van der Waals surface area contributed by atoms with E-state index in [0.29, 0.717) is 5.00 Å². The van der Waals surface area contributed by atoms with Crippen LogP contribution in [0.2, 0.25) is 0 Å². The molecule has 2 N–H and O–H groups in total. The van der Waals surface area contributed by atoms with Crippen LogP contribution in [0, 0.1) is 11.8 Å². The fourth-order valence-electron chi connectivity index (χ4n) is 2.99. The van der Waals surface area contributed by atoms with Crippen molar-refractivity contribution in [3.05, 3.63) is 17.0 Å². The van der Waals surface area contributed by atoms with Gasteiger partial charge in [0.05, 0.1) is 5.56 Å². The number of anilines is 1. The minimum Gasteiger partial charge on any atom is -0.478 e. The Labute approximate surface area is 129 Å². The van der Waals surface area contributed by atoms with Gasteiger partial charge in [-0.2, -0.15) is 0 Å². The summed E-state index contributed by atoms with van der Waals surface area (Å²) >= 11 is 1.27. The highest BCUT2D eigenvalue weighted by Gasteiger charge is 2.27. The van der Waals surface area contributed by atoms with Crippen LogP contribution in [0.15, 0.2) is 11.4 Å². The first kappa shape index (κ1) is 16.0. The van der Waals surface area contributed by atoms with E-state index in [4.69, 9.17) is 5.11 Å². The molecule has 1 saturated carbocycles. The van der Waals surface area contributed by atoms with Crippen molar-refractivity contribution >= 4 is 28.2 Å². The number of carbonyl (C=O) groups is 2. The van der Waals surface area contributed by atoms with Gasteiger partial charge in [0.2, 0.25) is 5.91 Å². The van der Waals surface area contributed by atoms with E-state index in [1.54, 1.807) is 5.38 Å². The van der Waals surface area contributed by atoms with Crippen molar-refractivity contribution in [3.8, 4) is 0 Å². The zero-order chi connectivity index (χ0) is 15.2. The number of carboxylic acid groups (broad SMARTS) is 1. The summed E-state index contributed by atoms with van der Waals surface area (Å²) in [5.41, 5.74) is 0.185. The number of thiophene rings is 1. The number of carboxylic acids is 1. The summed E-state index contributed by atoms with van der Waals surface area (Å²) in [4.78, 5) is 23.3. The number of nitrogens with one attached hydrogen (secondary N) is 1. The van der Waals surface area contributed by atoms with Gasteiger partial charge in [0, 0.05) is 5.92 Å². The lowest BCUT2D eigenvalue weighted by atomic mass is 9.79. The summed E-state index contributed by atoms with van der Waals surface area (Å²) in [7, 11) is 0. The standard InChI is InChI=1S/C16H23NO3S/c1-2-3-4-11-5-7-12(8-6-11)14(18)17-15-13(16(19)20)9-10-21-15/h9-12H,2-8H2,1H3,(H,17,18)(H,19,20). The number of amides is 1. The van der Waals surface area contributed by atoms with E-state index in [-0.39, 0.29) is 17.4 Å². The Bertz CT molecular complexity index is 489. The molecule has 1 fully saturated rings. The number of hydrogen-bond donors (Lipinski definition) is 2. The van der Waals surface area contributed by atoms with Crippen molar-refractivity contribution in [2.45, 2.75) is 51.9 Å². The van der Waals surface area contributed by atoms with Crippen molar-refractivity contribution in [1.29, 1.82) is 0 Å².